The van der Waals surface area contributed by atoms with E-state index in [2.05, 4.69) is 0 Å². The predicted octanol–water partition coefficient (Wildman–Crippen LogP) is 2.04. The van der Waals surface area contributed by atoms with Gasteiger partial charge in [-0.05, 0) is 29.8 Å². The van der Waals surface area contributed by atoms with Crippen molar-refractivity contribution in [2.75, 3.05) is 0 Å². The van der Waals surface area contributed by atoms with Crippen LogP contribution in [0.15, 0.2) is 36.7 Å². The number of nitrogens with zero attached hydrogens (tertiary/aromatic N) is 2. The minimum Gasteiger partial charge on any atom is -0.392 e. The Labute approximate surface area is 98.4 Å². The van der Waals surface area contributed by atoms with Gasteiger partial charge in [0, 0.05) is 24.5 Å². The van der Waals surface area contributed by atoms with Gasteiger partial charge in [-0.25, -0.2) is 4.39 Å². The van der Waals surface area contributed by atoms with E-state index in [4.69, 9.17) is 10.4 Å². The number of hydrogen-bond donors (Lipinski definition) is 1. The molecule has 0 unspecified atom stereocenters. The van der Waals surface area contributed by atoms with E-state index >= 15 is 0 Å². The first-order chi connectivity index (χ1) is 8.22. The molecule has 17 heavy (non-hydrogen) atoms. The summed E-state index contributed by atoms with van der Waals surface area (Å²) in [6, 6.07) is 8.03. The Morgan fingerprint density at radius 2 is 2.18 bits per heavy atom. The van der Waals surface area contributed by atoms with Gasteiger partial charge in [-0.2, -0.15) is 5.26 Å². The molecule has 1 aromatic carbocycles. The number of aliphatic hydroxyl groups is 1. The van der Waals surface area contributed by atoms with Gasteiger partial charge in [-0.15, -0.1) is 0 Å². The van der Waals surface area contributed by atoms with E-state index in [1.165, 1.54) is 18.2 Å². The van der Waals surface area contributed by atoms with Gasteiger partial charge in [0.2, 0.25) is 0 Å². The minimum absolute atomic E-state index is 0.0340. The van der Waals surface area contributed by atoms with Crippen LogP contribution in [0.25, 0.3) is 0 Å². The Balaban J connectivity index is 2.26. The second-order valence-electron chi connectivity index (χ2n) is 3.77. The molecule has 1 N–H and O–H groups in total. The summed E-state index contributed by atoms with van der Waals surface area (Å²) in [4.78, 5) is 0. The van der Waals surface area contributed by atoms with Gasteiger partial charge in [0.1, 0.15) is 5.82 Å². The van der Waals surface area contributed by atoms with Gasteiger partial charge in [0.25, 0.3) is 0 Å². The van der Waals surface area contributed by atoms with Crippen LogP contribution in [0.1, 0.15) is 16.7 Å². The number of aromatic nitrogens is 1. The number of halogens is 1. The maximum atomic E-state index is 13.5. The van der Waals surface area contributed by atoms with E-state index in [1.54, 1.807) is 23.0 Å². The van der Waals surface area contributed by atoms with Crippen molar-refractivity contribution in [3.63, 3.8) is 0 Å². The molecular weight excluding hydrogens is 219 g/mol. The average Bonchev–Trinajstić information content (AvgIpc) is 2.80. The molecule has 0 saturated carbocycles. The summed E-state index contributed by atoms with van der Waals surface area (Å²) in [5.41, 5.74) is 1.68. The average molecular weight is 230 g/mol. The Kier molecular flexibility index (Phi) is 3.22. The van der Waals surface area contributed by atoms with E-state index in [0.29, 0.717) is 17.7 Å². The third-order valence-electron chi connectivity index (χ3n) is 2.52. The van der Waals surface area contributed by atoms with Crippen LogP contribution >= 0.6 is 0 Å². The number of rotatable bonds is 3. The van der Waals surface area contributed by atoms with Crippen molar-refractivity contribution in [1.82, 2.24) is 4.57 Å². The lowest BCUT2D eigenvalue weighted by atomic mass is 10.1. The highest BCUT2D eigenvalue weighted by molar-refractivity contribution is 5.34. The summed E-state index contributed by atoms with van der Waals surface area (Å²) in [5.74, 6) is -0.330. The van der Waals surface area contributed by atoms with Gasteiger partial charge in [-0.3, -0.25) is 0 Å². The molecule has 0 aliphatic carbocycles. The maximum absolute atomic E-state index is 13.5. The molecule has 0 saturated heterocycles. The van der Waals surface area contributed by atoms with Crippen LogP contribution in [0.4, 0.5) is 4.39 Å². The smallest absolute Gasteiger partial charge is 0.128 e. The number of aliphatic hydroxyl groups excluding tert-OH is 1. The number of benzene rings is 1. The van der Waals surface area contributed by atoms with Crippen LogP contribution in [-0.2, 0) is 13.2 Å². The largest absolute Gasteiger partial charge is 0.392 e. The van der Waals surface area contributed by atoms with Gasteiger partial charge in [0.05, 0.1) is 18.2 Å². The molecule has 1 aromatic heterocycles. The van der Waals surface area contributed by atoms with Crippen molar-refractivity contribution in [2.24, 2.45) is 0 Å². The zero-order valence-corrected chi connectivity index (χ0v) is 9.10. The summed E-state index contributed by atoms with van der Waals surface area (Å²) in [6.45, 7) is 0.315. The molecule has 3 nitrogen and oxygen atoms in total. The third-order valence-corrected chi connectivity index (χ3v) is 2.52. The molecule has 2 rings (SSSR count). The van der Waals surface area contributed by atoms with E-state index in [1.807, 2.05) is 6.07 Å². The molecule has 0 aliphatic heterocycles. The fourth-order valence-electron chi connectivity index (χ4n) is 1.64. The van der Waals surface area contributed by atoms with Gasteiger partial charge < -0.3 is 9.67 Å². The van der Waals surface area contributed by atoms with Crippen molar-refractivity contribution >= 4 is 0 Å². The first kappa shape index (κ1) is 11.4. The van der Waals surface area contributed by atoms with Gasteiger partial charge in [0.15, 0.2) is 0 Å². The van der Waals surface area contributed by atoms with Crippen LogP contribution in [0.3, 0.4) is 0 Å². The lowest BCUT2D eigenvalue weighted by Gasteiger charge is -2.05. The topological polar surface area (TPSA) is 49.0 Å². The summed E-state index contributed by atoms with van der Waals surface area (Å²) < 4.78 is 15.3. The van der Waals surface area contributed by atoms with Crippen molar-refractivity contribution in [3.8, 4) is 6.07 Å². The molecule has 4 heteroatoms. The first-order valence-electron chi connectivity index (χ1n) is 5.17. The Morgan fingerprint density at radius 3 is 2.82 bits per heavy atom. The Morgan fingerprint density at radius 1 is 1.35 bits per heavy atom. The van der Waals surface area contributed by atoms with Crippen LogP contribution in [0.5, 0.6) is 0 Å². The van der Waals surface area contributed by atoms with E-state index in [0.717, 1.165) is 5.56 Å². The summed E-state index contributed by atoms with van der Waals surface area (Å²) in [5, 5.41) is 17.7. The molecule has 86 valence electrons. The Hall–Kier alpha value is -2.12. The quantitative estimate of drug-likeness (QED) is 0.877. The predicted molar refractivity (Wildman–Crippen MR) is 60.6 cm³/mol. The lowest BCUT2D eigenvalue weighted by molar-refractivity contribution is 0.282. The number of hydrogen-bond acceptors (Lipinski definition) is 2. The minimum atomic E-state index is -0.330. The first-order valence-corrected chi connectivity index (χ1v) is 5.17. The molecule has 0 amide bonds. The van der Waals surface area contributed by atoms with Gasteiger partial charge in [-0.1, -0.05) is 0 Å². The second kappa shape index (κ2) is 4.81. The van der Waals surface area contributed by atoms with Crippen molar-refractivity contribution in [3.05, 3.63) is 59.2 Å². The normalized spacial score (nSPS) is 10.2. The highest BCUT2D eigenvalue weighted by atomic mass is 19.1. The second-order valence-corrected chi connectivity index (χ2v) is 3.77. The summed E-state index contributed by atoms with van der Waals surface area (Å²) in [7, 11) is 0. The van der Waals surface area contributed by atoms with Crippen molar-refractivity contribution in [1.29, 1.82) is 5.26 Å². The van der Waals surface area contributed by atoms with E-state index in [9.17, 15) is 4.39 Å². The van der Waals surface area contributed by atoms with Crippen molar-refractivity contribution < 1.29 is 9.50 Å². The fourth-order valence-corrected chi connectivity index (χ4v) is 1.64. The van der Waals surface area contributed by atoms with Crippen LogP contribution in [0.2, 0.25) is 0 Å². The molecular formula is C13H11FN2O. The lowest BCUT2D eigenvalue weighted by Crippen LogP contribution is -2.00. The van der Waals surface area contributed by atoms with E-state index < -0.39 is 0 Å². The maximum Gasteiger partial charge on any atom is 0.128 e. The van der Waals surface area contributed by atoms with Crippen LogP contribution in [-0.4, -0.2) is 9.67 Å². The highest BCUT2D eigenvalue weighted by Crippen LogP contribution is 2.13. The van der Waals surface area contributed by atoms with E-state index in [-0.39, 0.29) is 12.4 Å². The number of nitriles is 1. The third kappa shape index (κ3) is 2.52. The molecule has 1 heterocycles. The SMILES string of the molecule is N#Cc1ccc(F)c(Cn2ccc(CO)c2)c1. The van der Waals surface area contributed by atoms with Crippen LogP contribution in [0, 0.1) is 17.1 Å². The molecule has 2 aromatic rings. The fraction of sp³-hybridized carbons (Fsp3) is 0.154. The zero-order valence-electron chi connectivity index (χ0n) is 9.10. The molecule has 0 aliphatic rings. The van der Waals surface area contributed by atoms with Crippen molar-refractivity contribution in [2.45, 2.75) is 13.2 Å². The summed E-state index contributed by atoms with van der Waals surface area (Å²) in [6.07, 6.45) is 3.52. The highest BCUT2D eigenvalue weighted by Gasteiger charge is 2.05. The molecule has 0 fully saturated rings. The monoisotopic (exact) mass is 230 g/mol. The molecule has 0 radical (unpaired) electrons. The Bertz CT molecular complexity index is 569. The summed E-state index contributed by atoms with van der Waals surface area (Å²) >= 11 is 0. The molecule has 0 bridgehead atoms. The molecule has 0 atom stereocenters. The zero-order chi connectivity index (χ0) is 12.3. The standard InChI is InChI=1S/C13H11FN2O/c14-13-2-1-10(6-15)5-12(13)8-16-4-3-11(7-16)9-17/h1-5,7,17H,8-9H2. The van der Waals surface area contributed by atoms with Gasteiger partial charge >= 0.3 is 0 Å². The molecule has 0 spiro atoms. The van der Waals surface area contributed by atoms with Crippen LogP contribution < -0.4 is 0 Å².